The number of pyridine rings is 1. The van der Waals surface area contributed by atoms with E-state index in [1.807, 2.05) is 12.1 Å². The summed E-state index contributed by atoms with van der Waals surface area (Å²) in [6.45, 7) is 0.314. The lowest BCUT2D eigenvalue weighted by atomic mass is 10.0. The second-order valence-electron chi connectivity index (χ2n) is 8.13. The van der Waals surface area contributed by atoms with E-state index in [0.29, 0.717) is 53.1 Å². The zero-order chi connectivity index (χ0) is 23.7. The lowest BCUT2D eigenvalue weighted by Crippen LogP contribution is -2.18. The van der Waals surface area contributed by atoms with Gasteiger partial charge in [-0.3, -0.25) is 4.79 Å². The van der Waals surface area contributed by atoms with E-state index in [1.165, 1.54) is 0 Å². The highest BCUT2D eigenvalue weighted by atomic mass is 35.5. The molecular formula is C25H21ClN2O6. The average Bonchev–Trinajstić information content (AvgIpc) is 3.66. The van der Waals surface area contributed by atoms with Crippen molar-refractivity contribution in [2.45, 2.75) is 31.3 Å². The smallest absolute Gasteiger partial charge is 0.493 e. The number of hydrogen-bond acceptors (Lipinski definition) is 6. The number of amides is 1. The summed E-state index contributed by atoms with van der Waals surface area (Å²) in [6.07, 6.45) is 0.681. The van der Waals surface area contributed by atoms with Crippen molar-refractivity contribution in [2.75, 3.05) is 11.9 Å². The van der Waals surface area contributed by atoms with Crippen LogP contribution < -0.4 is 14.8 Å². The molecule has 1 aromatic heterocycles. The van der Waals surface area contributed by atoms with Crippen LogP contribution in [0.3, 0.4) is 0 Å². The number of aromatic nitrogens is 1. The summed E-state index contributed by atoms with van der Waals surface area (Å²) in [5.41, 5.74) is 2.02. The molecule has 0 saturated heterocycles. The maximum absolute atomic E-state index is 12.6. The van der Waals surface area contributed by atoms with E-state index in [-0.39, 0.29) is 10.9 Å². The highest BCUT2D eigenvalue weighted by molar-refractivity contribution is 6.32. The monoisotopic (exact) mass is 480 g/mol. The van der Waals surface area contributed by atoms with Crippen LogP contribution in [0.1, 0.15) is 52.9 Å². The lowest BCUT2D eigenvalue weighted by molar-refractivity contribution is 0.0326. The molecule has 0 radical (unpaired) electrons. The van der Waals surface area contributed by atoms with Crippen LogP contribution in [0.15, 0.2) is 54.6 Å². The number of halogens is 1. The van der Waals surface area contributed by atoms with Gasteiger partial charge in [0.25, 0.3) is 5.91 Å². The molecule has 2 aliphatic rings. The summed E-state index contributed by atoms with van der Waals surface area (Å²) in [6, 6.07) is 15.5. The van der Waals surface area contributed by atoms with Crippen LogP contribution >= 0.6 is 11.6 Å². The molecule has 34 heavy (non-hydrogen) atoms. The Balaban J connectivity index is 1.27. The minimum atomic E-state index is -1.36. The van der Waals surface area contributed by atoms with Gasteiger partial charge in [-0.05, 0) is 55.3 Å². The topological polar surface area (TPSA) is 107 Å². The van der Waals surface area contributed by atoms with Gasteiger partial charge < -0.3 is 24.6 Å². The van der Waals surface area contributed by atoms with Crippen molar-refractivity contribution in [2.24, 2.45) is 0 Å². The number of fused-ring (bicyclic) bond motifs is 1. The quantitative estimate of drug-likeness (QED) is 0.406. The van der Waals surface area contributed by atoms with Gasteiger partial charge in [0.15, 0.2) is 0 Å². The van der Waals surface area contributed by atoms with Gasteiger partial charge in [-0.2, -0.15) is 0 Å². The highest BCUT2D eigenvalue weighted by Gasteiger charge is 2.27. The number of carbonyl (C=O) groups is 2. The molecule has 174 valence electrons. The number of carboxylic acid groups (broad SMARTS) is 1. The van der Waals surface area contributed by atoms with Gasteiger partial charge in [-0.1, -0.05) is 17.7 Å². The Bertz CT molecular complexity index is 1240. The number of rotatable bonds is 6. The highest BCUT2D eigenvalue weighted by Crippen LogP contribution is 2.42. The molecule has 2 aromatic carbocycles. The molecule has 2 heterocycles. The molecule has 8 nitrogen and oxygen atoms in total. The number of nitrogens with one attached hydrogen (secondary N) is 1. The Kier molecular flexibility index (Phi) is 5.98. The van der Waals surface area contributed by atoms with Gasteiger partial charge in [0.05, 0.1) is 11.6 Å². The largest absolute Gasteiger partial charge is 0.506 e. The summed E-state index contributed by atoms with van der Waals surface area (Å²) in [5.74, 6) is 2.03. The Labute approximate surface area is 200 Å². The van der Waals surface area contributed by atoms with Crippen LogP contribution in [-0.2, 0) is 4.74 Å². The van der Waals surface area contributed by atoms with Crippen molar-refractivity contribution >= 4 is 29.5 Å². The fourth-order valence-corrected chi connectivity index (χ4v) is 4.01. The number of ether oxygens (including phenoxy) is 3. The first kappa shape index (κ1) is 22.0. The third kappa shape index (κ3) is 4.92. The number of hydrogen-bond donors (Lipinski definition) is 2. The third-order valence-electron chi connectivity index (χ3n) is 5.64. The van der Waals surface area contributed by atoms with Crippen LogP contribution in [0.25, 0.3) is 0 Å². The van der Waals surface area contributed by atoms with Crippen LogP contribution in [0.5, 0.6) is 17.2 Å². The first-order valence-electron chi connectivity index (χ1n) is 10.9. The summed E-state index contributed by atoms with van der Waals surface area (Å²) >= 11 is 6.37. The molecule has 1 amide bonds. The summed E-state index contributed by atoms with van der Waals surface area (Å²) < 4.78 is 16.4. The SMILES string of the molecule is O=C(O)OC1CCOc2cc(Oc3ccc(C(=O)Nc4cccc(C5CC5)n4)cc3)c(Cl)cc21. The van der Waals surface area contributed by atoms with Crippen molar-refractivity contribution in [3.63, 3.8) is 0 Å². The second-order valence-corrected chi connectivity index (χ2v) is 8.54. The van der Waals surface area contributed by atoms with E-state index in [2.05, 4.69) is 10.3 Å². The third-order valence-corrected chi connectivity index (χ3v) is 5.94. The minimum Gasteiger partial charge on any atom is -0.493 e. The van der Waals surface area contributed by atoms with Crippen LogP contribution in [0.4, 0.5) is 10.6 Å². The van der Waals surface area contributed by atoms with Gasteiger partial charge in [-0.15, -0.1) is 0 Å². The van der Waals surface area contributed by atoms with Crippen molar-refractivity contribution in [3.05, 3.63) is 76.4 Å². The van der Waals surface area contributed by atoms with E-state index < -0.39 is 12.3 Å². The van der Waals surface area contributed by atoms with Crippen LogP contribution in [0, 0.1) is 0 Å². The second kappa shape index (κ2) is 9.23. The van der Waals surface area contributed by atoms with Crippen molar-refractivity contribution in [3.8, 4) is 17.2 Å². The molecule has 0 spiro atoms. The molecule has 1 aliphatic carbocycles. The normalized spacial score (nSPS) is 16.7. The Morgan fingerprint density at radius 3 is 2.62 bits per heavy atom. The van der Waals surface area contributed by atoms with Crippen LogP contribution in [-0.4, -0.2) is 28.8 Å². The zero-order valence-corrected chi connectivity index (χ0v) is 18.7. The van der Waals surface area contributed by atoms with E-state index in [0.717, 1.165) is 18.5 Å². The van der Waals surface area contributed by atoms with Gasteiger partial charge >= 0.3 is 6.16 Å². The maximum atomic E-state index is 12.6. The molecule has 3 aromatic rings. The molecule has 0 bridgehead atoms. The average molecular weight is 481 g/mol. The number of carbonyl (C=O) groups excluding carboxylic acids is 1. The van der Waals surface area contributed by atoms with Crippen molar-refractivity contribution in [1.82, 2.24) is 4.98 Å². The summed E-state index contributed by atoms with van der Waals surface area (Å²) in [5, 5.41) is 12.1. The Morgan fingerprint density at radius 1 is 1.09 bits per heavy atom. The van der Waals surface area contributed by atoms with E-state index in [1.54, 1.807) is 42.5 Å². The van der Waals surface area contributed by atoms with Gasteiger partial charge in [-0.25, -0.2) is 9.78 Å². The molecular weight excluding hydrogens is 460 g/mol. The number of nitrogens with zero attached hydrogens (tertiary/aromatic N) is 1. The predicted molar refractivity (Wildman–Crippen MR) is 124 cm³/mol. The van der Waals surface area contributed by atoms with E-state index in [4.69, 9.17) is 30.9 Å². The van der Waals surface area contributed by atoms with Crippen molar-refractivity contribution < 1.29 is 28.9 Å². The molecule has 1 atom stereocenters. The molecule has 2 N–H and O–H groups in total. The number of benzene rings is 2. The number of anilines is 1. The first-order valence-corrected chi connectivity index (χ1v) is 11.3. The summed E-state index contributed by atoms with van der Waals surface area (Å²) in [4.78, 5) is 28.1. The fourth-order valence-electron chi connectivity index (χ4n) is 3.80. The lowest BCUT2D eigenvalue weighted by Gasteiger charge is -2.25. The van der Waals surface area contributed by atoms with Gasteiger partial charge in [0.2, 0.25) is 0 Å². The summed E-state index contributed by atoms with van der Waals surface area (Å²) in [7, 11) is 0. The fraction of sp³-hybridized carbons (Fsp3) is 0.240. The van der Waals surface area contributed by atoms with Crippen molar-refractivity contribution in [1.29, 1.82) is 0 Å². The Hall–Kier alpha value is -3.78. The zero-order valence-electron chi connectivity index (χ0n) is 18.0. The van der Waals surface area contributed by atoms with E-state index >= 15 is 0 Å². The molecule has 1 aliphatic heterocycles. The maximum Gasteiger partial charge on any atom is 0.506 e. The molecule has 1 fully saturated rings. The molecule has 1 saturated carbocycles. The van der Waals surface area contributed by atoms with Crippen LogP contribution in [0.2, 0.25) is 5.02 Å². The standard InChI is InChI=1S/C25H21ClN2O6/c26-18-12-17-20(34-25(30)31)10-11-32-21(17)13-22(18)33-16-8-6-15(7-9-16)24(29)28-23-3-1-2-19(27-23)14-4-5-14/h1-3,6-9,12-14,20H,4-5,10-11H2,(H,30,31)(H,27,28,29). The van der Waals surface area contributed by atoms with Gasteiger partial charge in [0.1, 0.15) is 29.2 Å². The first-order chi connectivity index (χ1) is 16.5. The van der Waals surface area contributed by atoms with E-state index in [9.17, 15) is 9.59 Å². The Morgan fingerprint density at radius 2 is 1.88 bits per heavy atom. The van der Waals surface area contributed by atoms with Gasteiger partial charge in [0, 0.05) is 35.2 Å². The molecule has 9 heteroatoms. The predicted octanol–water partition coefficient (Wildman–Crippen LogP) is 6.18. The minimum absolute atomic E-state index is 0.267. The molecule has 1 unspecified atom stereocenters. The molecule has 5 rings (SSSR count).